The van der Waals surface area contributed by atoms with Gasteiger partial charge >= 0.3 is 0 Å². The van der Waals surface area contributed by atoms with E-state index in [4.69, 9.17) is 0 Å². The number of thioether (sulfide) groups is 1. The SMILES string of the molecule is CC1=CC(C)(C)N(C(=O)CSc2nnc(C)s2)c2ccccc21. The van der Waals surface area contributed by atoms with E-state index in [2.05, 4.69) is 43.1 Å². The molecule has 2 heterocycles. The van der Waals surface area contributed by atoms with Gasteiger partial charge in [0.2, 0.25) is 5.91 Å². The van der Waals surface area contributed by atoms with Crippen LogP contribution >= 0.6 is 23.1 Å². The van der Waals surface area contributed by atoms with E-state index in [0.717, 1.165) is 20.6 Å². The van der Waals surface area contributed by atoms with Crippen LogP contribution in [0.4, 0.5) is 5.69 Å². The van der Waals surface area contributed by atoms with Crippen LogP contribution in [-0.2, 0) is 4.79 Å². The molecule has 23 heavy (non-hydrogen) atoms. The summed E-state index contributed by atoms with van der Waals surface area (Å²) >= 11 is 2.97. The van der Waals surface area contributed by atoms with E-state index in [1.807, 2.05) is 30.0 Å². The molecular formula is C17H19N3OS2. The van der Waals surface area contributed by atoms with E-state index < -0.39 is 0 Å². The van der Waals surface area contributed by atoms with E-state index in [9.17, 15) is 4.79 Å². The van der Waals surface area contributed by atoms with Gasteiger partial charge in [-0.05, 0) is 39.3 Å². The minimum Gasteiger partial charge on any atom is -0.302 e. The maximum atomic E-state index is 12.9. The van der Waals surface area contributed by atoms with Crippen molar-refractivity contribution < 1.29 is 4.79 Å². The van der Waals surface area contributed by atoms with Gasteiger partial charge in [0, 0.05) is 5.56 Å². The molecule has 6 heteroatoms. The van der Waals surface area contributed by atoms with Gasteiger partial charge in [-0.15, -0.1) is 10.2 Å². The van der Waals surface area contributed by atoms with Crippen LogP contribution in [0, 0.1) is 6.92 Å². The predicted octanol–water partition coefficient (Wildman–Crippen LogP) is 4.17. The summed E-state index contributed by atoms with van der Waals surface area (Å²) in [6.45, 7) is 8.16. The summed E-state index contributed by atoms with van der Waals surface area (Å²) in [6.07, 6.45) is 2.16. The zero-order chi connectivity index (χ0) is 16.6. The van der Waals surface area contributed by atoms with Gasteiger partial charge in [0.1, 0.15) is 5.01 Å². The Hall–Kier alpha value is -1.66. The number of benzene rings is 1. The van der Waals surface area contributed by atoms with Crippen molar-refractivity contribution >= 4 is 40.3 Å². The molecule has 1 aromatic carbocycles. The van der Waals surface area contributed by atoms with Gasteiger partial charge in [-0.25, -0.2) is 0 Å². The van der Waals surface area contributed by atoms with Crippen molar-refractivity contribution in [3.05, 3.63) is 40.9 Å². The lowest BCUT2D eigenvalue weighted by atomic mass is 9.89. The molecule has 3 rings (SSSR count). The first-order valence-electron chi connectivity index (χ1n) is 7.43. The van der Waals surface area contributed by atoms with Crippen molar-refractivity contribution in [1.82, 2.24) is 10.2 Å². The van der Waals surface area contributed by atoms with Crippen molar-refractivity contribution in [1.29, 1.82) is 0 Å². The quantitative estimate of drug-likeness (QED) is 0.783. The molecule has 1 aromatic heterocycles. The number of allylic oxidation sites excluding steroid dienone is 1. The molecule has 1 aliphatic rings. The number of para-hydroxylation sites is 1. The van der Waals surface area contributed by atoms with Crippen LogP contribution in [0.1, 0.15) is 31.3 Å². The lowest BCUT2D eigenvalue weighted by Crippen LogP contribution is -2.49. The van der Waals surface area contributed by atoms with Crippen molar-refractivity contribution in [3.8, 4) is 0 Å². The Labute approximate surface area is 144 Å². The van der Waals surface area contributed by atoms with Gasteiger partial charge in [-0.1, -0.05) is 47.4 Å². The average Bonchev–Trinajstić information content (AvgIpc) is 2.90. The molecule has 2 aromatic rings. The highest BCUT2D eigenvalue weighted by Gasteiger charge is 2.35. The number of aryl methyl sites for hydroxylation is 1. The largest absolute Gasteiger partial charge is 0.302 e. The molecule has 0 spiro atoms. The van der Waals surface area contributed by atoms with Gasteiger partial charge < -0.3 is 4.90 Å². The number of nitrogens with zero attached hydrogens (tertiary/aromatic N) is 3. The van der Waals surface area contributed by atoms with Crippen LogP contribution < -0.4 is 4.90 Å². The van der Waals surface area contributed by atoms with Gasteiger partial charge in [-0.3, -0.25) is 4.79 Å². The normalized spacial score (nSPS) is 16.0. The Morgan fingerprint density at radius 2 is 2.00 bits per heavy atom. The van der Waals surface area contributed by atoms with Crippen LogP contribution in [-0.4, -0.2) is 27.4 Å². The first kappa shape index (κ1) is 16.2. The second-order valence-corrected chi connectivity index (χ2v) is 8.51. The number of amides is 1. The number of hydrogen-bond donors (Lipinski definition) is 0. The smallest absolute Gasteiger partial charge is 0.238 e. The molecular weight excluding hydrogens is 326 g/mol. The Morgan fingerprint density at radius 3 is 2.70 bits per heavy atom. The number of aromatic nitrogens is 2. The third kappa shape index (κ3) is 3.19. The van der Waals surface area contributed by atoms with Crippen molar-refractivity contribution in [2.45, 2.75) is 37.6 Å². The summed E-state index contributed by atoms with van der Waals surface area (Å²) < 4.78 is 0.839. The maximum absolute atomic E-state index is 12.9. The van der Waals surface area contributed by atoms with Crippen molar-refractivity contribution in [2.75, 3.05) is 10.7 Å². The zero-order valence-corrected chi connectivity index (χ0v) is 15.3. The molecule has 0 aliphatic carbocycles. The zero-order valence-electron chi connectivity index (χ0n) is 13.7. The second kappa shape index (κ2) is 6.09. The van der Waals surface area contributed by atoms with Crippen molar-refractivity contribution in [2.24, 2.45) is 0 Å². The Bertz CT molecular complexity index is 780. The van der Waals surface area contributed by atoms with Gasteiger partial charge in [-0.2, -0.15) is 0 Å². The van der Waals surface area contributed by atoms with E-state index in [0.29, 0.717) is 5.75 Å². The number of rotatable bonds is 3. The summed E-state index contributed by atoms with van der Waals surface area (Å²) in [5, 5.41) is 8.99. The van der Waals surface area contributed by atoms with E-state index in [1.165, 1.54) is 28.7 Å². The molecule has 0 bridgehead atoms. The standard InChI is InChI=1S/C17H19N3OS2/c1-11-9-17(3,4)20(14-8-6-5-7-13(11)14)15(21)10-22-16-19-18-12(2)23-16/h5-9H,10H2,1-4H3. The first-order valence-corrected chi connectivity index (χ1v) is 9.23. The number of anilines is 1. The Balaban J connectivity index is 1.86. The summed E-state index contributed by atoms with van der Waals surface area (Å²) in [5.74, 6) is 0.447. The highest BCUT2D eigenvalue weighted by molar-refractivity contribution is 8.01. The first-order chi connectivity index (χ1) is 10.9. The molecule has 0 atom stereocenters. The molecule has 0 unspecified atom stereocenters. The molecule has 1 aliphatic heterocycles. The third-order valence-electron chi connectivity index (χ3n) is 3.79. The summed E-state index contributed by atoms with van der Waals surface area (Å²) in [5.41, 5.74) is 2.98. The highest BCUT2D eigenvalue weighted by atomic mass is 32.2. The molecule has 0 saturated carbocycles. The topological polar surface area (TPSA) is 46.1 Å². The number of hydrogen-bond acceptors (Lipinski definition) is 5. The lowest BCUT2D eigenvalue weighted by Gasteiger charge is -2.41. The average molecular weight is 345 g/mol. The van der Waals surface area contributed by atoms with Gasteiger partial charge in [0.15, 0.2) is 4.34 Å². The molecule has 0 saturated heterocycles. The second-order valence-electron chi connectivity index (χ2n) is 6.10. The number of carbonyl (C=O) groups is 1. The molecule has 0 radical (unpaired) electrons. The molecule has 120 valence electrons. The van der Waals surface area contributed by atoms with Gasteiger partial charge in [0.05, 0.1) is 17.0 Å². The van der Waals surface area contributed by atoms with E-state index >= 15 is 0 Å². The van der Waals surface area contributed by atoms with Crippen LogP contribution in [0.25, 0.3) is 5.57 Å². The summed E-state index contributed by atoms with van der Waals surface area (Å²) in [6, 6.07) is 8.08. The number of fused-ring (bicyclic) bond motifs is 1. The fourth-order valence-electron chi connectivity index (χ4n) is 2.97. The minimum absolute atomic E-state index is 0.0871. The number of carbonyl (C=O) groups excluding carboxylic acids is 1. The monoisotopic (exact) mass is 345 g/mol. The fourth-order valence-corrected chi connectivity index (χ4v) is 4.63. The minimum atomic E-state index is -0.340. The van der Waals surface area contributed by atoms with Crippen molar-refractivity contribution in [3.63, 3.8) is 0 Å². The Morgan fingerprint density at radius 1 is 1.26 bits per heavy atom. The highest BCUT2D eigenvalue weighted by Crippen LogP contribution is 2.39. The van der Waals surface area contributed by atoms with Gasteiger partial charge in [0.25, 0.3) is 0 Å². The predicted molar refractivity (Wildman–Crippen MR) is 97.0 cm³/mol. The van der Waals surface area contributed by atoms with Crippen LogP contribution in [0.3, 0.4) is 0 Å². The molecule has 0 fully saturated rings. The maximum Gasteiger partial charge on any atom is 0.238 e. The van der Waals surface area contributed by atoms with E-state index in [1.54, 1.807) is 0 Å². The molecule has 4 nitrogen and oxygen atoms in total. The van der Waals surface area contributed by atoms with Crippen LogP contribution in [0.5, 0.6) is 0 Å². The van der Waals surface area contributed by atoms with Crippen LogP contribution in [0.2, 0.25) is 0 Å². The lowest BCUT2D eigenvalue weighted by molar-refractivity contribution is -0.116. The molecule has 1 amide bonds. The molecule has 0 N–H and O–H groups in total. The Kier molecular flexibility index (Phi) is 4.29. The summed E-state index contributed by atoms with van der Waals surface area (Å²) in [4.78, 5) is 14.8. The van der Waals surface area contributed by atoms with Crippen LogP contribution in [0.15, 0.2) is 34.7 Å². The summed E-state index contributed by atoms with van der Waals surface area (Å²) in [7, 11) is 0. The fraction of sp³-hybridized carbons (Fsp3) is 0.353. The third-order valence-corrected chi connectivity index (χ3v) is 5.75. The van der Waals surface area contributed by atoms with E-state index in [-0.39, 0.29) is 11.4 Å².